The molecular weight excluding hydrogens is 426 g/mol. The number of anilines is 1. The molecule has 0 radical (unpaired) electrons. The number of nitrogens with one attached hydrogen (secondary N) is 2. The minimum Gasteiger partial charge on any atom is -0.352 e. The van der Waals surface area contributed by atoms with Gasteiger partial charge in [0.05, 0.1) is 4.90 Å². The van der Waals surface area contributed by atoms with Crippen molar-refractivity contribution in [1.82, 2.24) is 9.62 Å². The summed E-state index contributed by atoms with van der Waals surface area (Å²) in [5, 5.41) is 5.48. The highest BCUT2D eigenvalue weighted by Crippen LogP contribution is 2.27. The molecule has 3 rings (SSSR count). The Morgan fingerprint density at radius 3 is 2.31 bits per heavy atom. The van der Waals surface area contributed by atoms with Crippen LogP contribution in [-0.4, -0.2) is 44.2 Å². The van der Waals surface area contributed by atoms with Crippen LogP contribution in [0.25, 0.3) is 0 Å². The number of benzene rings is 2. The smallest absolute Gasteiger partial charge is 0.251 e. The van der Waals surface area contributed by atoms with Gasteiger partial charge in [0.1, 0.15) is 0 Å². The van der Waals surface area contributed by atoms with Crippen molar-refractivity contribution < 1.29 is 18.0 Å². The Kier molecular flexibility index (Phi) is 8.04. The van der Waals surface area contributed by atoms with Gasteiger partial charge in [0, 0.05) is 37.3 Å². The van der Waals surface area contributed by atoms with Crippen molar-refractivity contribution in [2.75, 3.05) is 18.9 Å². The summed E-state index contributed by atoms with van der Waals surface area (Å²) in [6, 6.07) is 13.5. The molecule has 0 heterocycles. The maximum Gasteiger partial charge on any atom is 0.251 e. The molecule has 8 heteroatoms. The average molecular weight is 458 g/mol. The molecule has 32 heavy (non-hydrogen) atoms. The van der Waals surface area contributed by atoms with Crippen molar-refractivity contribution in [3.8, 4) is 0 Å². The second-order valence-corrected chi connectivity index (χ2v) is 10.2. The zero-order valence-corrected chi connectivity index (χ0v) is 19.5. The molecule has 2 amide bonds. The van der Waals surface area contributed by atoms with Crippen molar-refractivity contribution in [2.45, 2.75) is 56.4 Å². The summed E-state index contributed by atoms with van der Waals surface area (Å²) in [6.07, 6.45) is 5.17. The van der Waals surface area contributed by atoms with E-state index in [2.05, 4.69) is 10.6 Å². The fourth-order valence-corrected chi connectivity index (χ4v) is 5.37. The number of hydrogen-bond acceptors (Lipinski definition) is 4. The molecule has 1 saturated carbocycles. The molecule has 2 aromatic carbocycles. The molecule has 0 aromatic heterocycles. The van der Waals surface area contributed by atoms with Crippen LogP contribution < -0.4 is 10.6 Å². The van der Waals surface area contributed by atoms with Crippen LogP contribution in [0.1, 0.15) is 54.4 Å². The van der Waals surface area contributed by atoms with E-state index in [9.17, 15) is 18.0 Å². The first-order valence-electron chi connectivity index (χ1n) is 11.0. The quantitative estimate of drug-likeness (QED) is 0.632. The van der Waals surface area contributed by atoms with E-state index in [0.717, 1.165) is 37.7 Å². The first-order chi connectivity index (χ1) is 15.3. The first kappa shape index (κ1) is 23.9. The normalized spacial score (nSPS) is 14.8. The van der Waals surface area contributed by atoms with E-state index in [0.29, 0.717) is 11.3 Å². The highest BCUT2D eigenvalue weighted by molar-refractivity contribution is 7.89. The molecule has 0 spiro atoms. The lowest BCUT2D eigenvalue weighted by molar-refractivity contribution is -0.116. The molecule has 7 nitrogen and oxygen atoms in total. The zero-order valence-electron chi connectivity index (χ0n) is 18.6. The Labute approximate surface area is 190 Å². The van der Waals surface area contributed by atoms with Crippen LogP contribution in [0.3, 0.4) is 0 Å². The standard InChI is InChI=1S/C24H31N3O4S/c1-18-8-6-7-11-22(18)24(29)25-17-16-23(28)26-19-12-14-21(15-13-19)32(30,31)27(2)20-9-4-3-5-10-20/h6-8,11-15,20H,3-5,9-10,16-17H2,1-2H3,(H,25,29)(H,26,28). The van der Waals surface area contributed by atoms with Gasteiger partial charge in [0.25, 0.3) is 5.91 Å². The monoisotopic (exact) mass is 457 g/mol. The summed E-state index contributed by atoms with van der Waals surface area (Å²) in [7, 11) is -1.92. The molecule has 0 bridgehead atoms. The van der Waals surface area contributed by atoms with Gasteiger partial charge >= 0.3 is 0 Å². The minimum absolute atomic E-state index is 0.0445. The highest BCUT2D eigenvalue weighted by Gasteiger charge is 2.28. The number of rotatable bonds is 8. The molecule has 0 aliphatic heterocycles. The van der Waals surface area contributed by atoms with Gasteiger partial charge in [0.2, 0.25) is 15.9 Å². The first-order valence-corrected chi connectivity index (χ1v) is 12.4. The summed E-state index contributed by atoms with van der Waals surface area (Å²) in [4.78, 5) is 24.6. The van der Waals surface area contributed by atoms with E-state index in [4.69, 9.17) is 0 Å². The number of carbonyl (C=O) groups excluding carboxylic acids is 2. The summed E-state index contributed by atoms with van der Waals surface area (Å²) in [5.41, 5.74) is 1.97. The van der Waals surface area contributed by atoms with Crippen molar-refractivity contribution in [2.24, 2.45) is 0 Å². The molecule has 0 unspecified atom stereocenters. The summed E-state index contributed by atoms with van der Waals surface area (Å²) in [5.74, 6) is -0.474. The molecule has 0 atom stereocenters. The number of sulfonamides is 1. The fraction of sp³-hybridized carbons (Fsp3) is 0.417. The van der Waals surface area contributed by atoms with Gasteiger partial charge < -0.3 is 10.6 Å². The van der Waals surface area contributed by atoms with E-state index in [1.807, 2.05) is 19.1 Å². The SMILES string of the molecule is Cc1ccccc1C(=O)NCCC(=O)Nc1ccc(S(=O)(=O)N(C)C2CCCCC2)cc1. The lowest BCUT2D eigenvalue weighted by Gasteiger charge is -2.30. The third kappa shape index (κ3) is 5.95. The minimum atomic E-state index is -3.56. The van der Waals surface area contributed by atoms with Crippen LogP contribution in [0.5, 0.6) is 0 Å². The van der Waals surface area contributed by atoms with Gasteiger partial charge in [-0.05, 0) is 55.7 Å². The van der Waals surface area contributed by atoms with E-state index < -0.39 is 10.0 Å². The van der Waals surface area contributed by atoms with Crippen molar-refractivity contribution in [3.63, 3.8) is 0 Å². The van der Waals surface area contributed by atoms with Gasteiger partial charge in [-0.3, -0.25) is 9.59 Å². The van der Waals surface area contributed by atoms with E-state index >= 15 is 0 Å². The van der Waals surface area contributed by atoms with Crippen LogP contribution >= 0.6 is 0 Å². The third-order valence-corrected chi connectivity index (χ3v) is 7.86. The number of amides is 2. The van der Waals surface area contributed by atoms with Crippen LogP contribution in [0.2, 0.25) is 0 Å². The van der Waals surface area contributed by atoms with E-state index in [-0.39, 0.29) is 35.7 Å². The average Bonchev–Trinajstić information content (AvgIpc) is 2.79. The lowest BCUT2D eigenvalue weighted by Crippen LogP contribution is -2.38. The van der Waals surface area contributed by atoms with Crippen LogP contribution in [-0.2, 0) is 14.8 Å². The number of carbonyl (C=O) groups is 2. The van der Waals surface area contributed by atoms with Crippen LogP contribution in [0.4, 0.5) is 5.69 Å². The molecule has 172 valence electrons. The highest BCUT2D eigenvalue weighted by atomic mass is 32.2. The Morgan fingerprint density at radius 1 is 1.00 bits per heavy atom. The Hall–Kier alpha value is -2.71. The van der Waals surface area contributed by atoms with Crippen molar-refractivity contribution >= 4 is 27.5 Å². The van der Waals surface area contributed by atoms with Gasteiger partial charge in [0.15, 0.2) is 0 Å². The largest absolute Gasteiger partial charge is 0.352 e. The maximum atomic E-state index is 12.9. The third-order valence-electron chi connectivity index (χ3n) is 5.93. The summed E-state index contributed by atoms with van der Waals surface area (Å²) >= 11 is 0. The summed E-state index contributed by atoms with van der Waals surface area (Å²) < 4.78 is 27.3. The molecule has 1 fully saturated rings. The Balaban J connectivity index is 1.51. The lowest BCUT2D eigenvalue weighted by atomic mass is 9.96. The molecular formula is C24H31N3O4S. The number of aryl methyl sites for hydroxylation is 1. The second-order valence-electron chi connectivity index (χ2n) is 8.21. The van der Waals surface area contributed by atoms with Gasteiger partial charge in [-0.2, -0.15) is 4.31 Å². The zero-order chi connectivity index (χ0) is 23.1. The fourth-order valence-electron chi connectivity index (χ4n) is 3.95. The van der Waals surface area contributed by atoms with Crippen LogP contribution in [0.15, 0.2) is 53.4 Å². The Bertz CT molecular complexity index is 1050. The van der Waals surface area contributed by atoms with Crippen LogP contribution in [0, 0.1) is 6.92 Å². The Morgan fingerprint density at radius 2 is 1.66 bits per heavy atom. The van der Waals surface area contributed by atoms with Gasteiger partial charge in [-0.25, -0.2) is 8.42 Å². The van der Waals surface area contributed by atoms with E-state index in [1.54, 1.807) is 31.3 Å². The summed E-state index contributed by atoms with van der Waals surface area (Å²) in [6.45, 7) is 2.07. The molecule has 1 aliphatic rings. The van der Waals surface area contributed by atoms with Gasteiger partial charge in [-0.1, -0.05) is 37.5 Å². The molecule has 2 aromatic rings. The molecule has 0 saturated heterocycles. The van der Waals surface area contributed by atoms with E-state index in [1.165, 1.54) is 16.4 Å². The topological polar surface area (TPSA) is 95.6 Å². The second kappa shape index (κ2) is 10.7. The molecule has 1 aliphatic carbocycles. The predicted octanol–water partition coefficient (Wildman–Crippen LogP) is 3.71. The molecule has 2 N–H and O–H groups in total. The van der Waals surface area contributed by atoms with Crippen molar-refractivity contribution in [3.05, 3.63) is 59.7 Å². The number of nitrogens with zero attached hydrogens (tertiary/aromatic N) is 1. The predicted molar refractivity (Wildman–Crippen MR) is 125 cm³/mol. The number of hydrogen-bond donors (Lipinski definition) is 2. The van der Waals surface area contributed by atoms with Crippen molar-refractivity contribution in [1.29, 1.82) is 0 Å². The van der Waals surface area contributed by atoms with Gasteiger partial charge in [-0.15, -0.1) is 0 Å². The maximum absolute atomic E-state index is 12.9.